The fourth-order valence-electron chi connectivity index (χ4n) is 2.24. The summed E-state index contributed by atoms with van der Waals surface area (Å²) in [5.41, 5.74) is 2.84. The van der Waals surface area contributed by atoms with Crippen LogP contribution in [0.1, 0.15) is 29.8 Å². The van der Waals surface area contributed by atoms with E-state index in [0.29, 0.717) is 12.0 Å². The van der Waals surface area contributed by atoms with Crippen molar-refractivity contribution in [3.8, 4) is 11.1 Å². The average molecular weight is 300 g/mol. The molecule has 0 radical (unpaired) electrons. The Bertz CT molecular complexity index is 690. The number of ether oxygens (including phenoxy) is 1. The summed E-state index contributed by atoms with van der Waals surface area (Å²) < 4.78 is 17.7. The van der Waals surface area contributed by atoms with E-state index in [-0.39, 0.29) is 12.4 Å². The summed E-state index contributed by atoms with van der Waals surface area (Å²) in [5.74, 6) is -1.77. The molecule has 0 aliphatic heterocycles. The Kier molecular flexibility index (Phi) is 5.04. The minimum Gasteiger partial charge on any atom is -0.460 e. The minimum atomic E-state index is -0.841. The first kappa shape index (κ1) is 15.9. The van der Waals surface area contributed by atoms with Crippen molar-refractivity contribution in [2.24, 2.45) is 0 Å². The molecule has 0 aliphatic carbocycles. The van der Waals surface area contributed by atoms with Crippen LogP contribution in [0.4, 0.5) is 4.39 Å². The van der Waals surface area contributed by atoms with Crippen LogP contribution in [-0.2, 0) is 16.0 Å². The zero-order valence-corrected chi connectivity index (χ0v) is 12.6. The maximum absolute atomic E-state index is 13.0. The van der Waals surface area contributed by atoms with Crippen molar-refractivity contribution in [3.63, 3.8) is 0 Å². The molecule has 3 nitrogen and oxygen atoms in total. The summed E-state index contributed by atoms with van der Waals surface area (Å²) >= 11 is 0. The summed E-state index contributed by atoms with van der Waals surface area (Å²) in [4.78, 5) is 23.7. The molecule has 0 saturated carbocycles. The lowest BCUT2D eigenvalue weighted by Gasteiger charge is -2.09. The van der Waals surface area contributed by atoms with Crippen LogP contribution in [0, 0.1) is 5.82 Å². The summed E-state index contributed by atoms with van der Waals surface area (Å²) in [6.45, 7) is 3.73. The highest BCUT2D eigenvalue weighted by molar-refractivity contribution is 6.41. The van der Waals surface area contributed by atoms with Gasteiger partial charge in [0.05, 0.1) is 6.61 Å². The molecular formula is C18H17FO3. The Morgan fingerprint density at radius 1 is 1.00 bits per heavy atom. The lowest BCUT2D eigenvalue weighted by Crippen LogP contribution is -2.19. The van der Waals surface area contributed by atoms with Gasteiger partial charge in [0.15, 0.2) is 0 Å². The maximum Gasteiger partial charge on any atom is 0.379 e. The van der Waals surface area contributed by atoms with Crippen molar-refractivity contribution in [2.45, 2.75) is 20.3 Å². The molecule has 0 unspecified atom stereocenters. The highest BCUT2D eigenvalue weighted by Gasteiger charge is 2.20. The van der Waals surface area contributed by atoms with Gasteiger partial charge in [-0.1, -0.05) is 31.2 Å². The van der Waals surface area contributed by atoms with Crippen LogP contribution < -0.4 is 0 Å². The van der Waals surface area contributed by atoms with Gasteiger partial charge in [-0.2, -0.15) is 0 Å². The monoisotopic (exact) mass is 300 g/mol. The van der Waals surface area contributed by atoms with Gasteiger partial charge >= 0.3 is 5.97 Å². The molecule has 22 heavy (non-hydrogen) atoms. The Hall–Kier alpha value is -2.49. The lowest BCUT2D eigenvalue weighted by molar-refractivity contribution is -0.137. The van der Waals surface area contributed by atoms with Gasteiger partial charge in [-0.15, -0.1) is 0 Å². The number of Topliss-reactive ketones (excluding diaryl/α,β-unsaturated/α-hetero) is 1. The molecule has 0 bridgehead atoms. The quantitative estimate of drug-likeness (QED) is 0.479. The number of aryl methyl sites for hydroxylation is 1. The summed E-state index contributed by atoms with van der Waals surface area (Å²) in [7, 11) is 0. The summed E-state index contributed by atoms with van der Waals surface area (Å²) in [5, 5.41) is 0. The van der Waals surface area contributed by atoms with E-state index in [1.165, 1.54) is 12.1 Å². The zero-order chi connectivity index (χ0) is 16.1. The van der Waals surface area contributed by atoms with E-state index in [4.69, 9.17) is 4.74 Å². The smallest absolute Gasteiger partial charge is 0.379 e. The first-order valence-corrected chi connectivity index (χ1v) is 7.17. The van der Waals surface area contributed by atoms with Crippen molar-refractivity contribution >= 4 is 11.8 Å². The number of carbonyl (C=O) groups is 2. The molecule has 2 aromatic carbocycles. The van der Waals surface area contributed by atoms with Crippen LogP contribution in [0.2, 0.25) is 0 Å². The largest absolute Gasteiger partial charge is 0.460 e. The third-order valence-corrected chi connectivity index (χ3v) is 3.37. The van der Waals surface area contributed by atoms with Gasteiger partial charge in [0.2, 0.25) is 0 Å². The van der Waals surface area contributed by atoms with Crippen LogP contribution in [0.15, 0.2) is 42.5 Å². The van der Waals surface area contributed by atoms with Crippen LogP contribution >= 0.6 is 0 Å². The molecule has 0 fully saturated rings. The molecule has 4 heteroatoms. The number of halogens is 1. The number of carbonyl (C=O) groups excluding carboxylic acids is 2. The molecule has 2 rings (SSSR count). The fraction of sp³-hybridized carbons (Fsp3) is 0.222. The minimum absolute atomic E-state index is 0.166. The van der Waals surface area contributed by atoms with Crippen LogP contribution in [-0.4, -0.2) is 18.4 Å². The van der Waals surface area contributed by atoms with Gasteiger partial charge in [-0.3, -0.25) is 4.79 Å². The Labute approximate surface area is 128 Å². The second kappa shape index (κ2) is 6.98. The average Bonchev–Trinajstić information content (AvgIpc) is 2.54. The third kappa shape index (κ3) is 3.39. The van der Waals surface area contributed by atoms with E-state index in [1.807, 2.05) is 13.0 Å². The van der Waals surface area contributed by atoms with Crippen LogP contribution in [0.3, 0.4) is 0 Å². The molecule has 0 N–H and O–H groups in total. The maximum atomic E-state index is 13.0. The Morgan fingerprint density at radius 3 is 2.23 bits per heavy atom. The number of hydrogen-bond acceptors (Lipinski definition) is 3. The molecule has 0 spiro atoms. The first-order chi connectivity index (χ1) is 10.6. The predicted molar refractivity (Wildman–Crippen MR) is 82.2 cm³/mol. The van der Waals surface area contributed by atoms with Gasteiger partial charge < -0.3 is 4.74 Å². The predicted octanol–water partition coefficient (Wildman–Crippen LogP) is 3.80. The van der Waals surface area contributed by atoms with E-state index in [1.54, 1.807) is 31.2 Å². The molecular weight excluding hydrogens is 283 g/mol. The Morgan fingerprint density at radius 2 is 1.64 bits per heavy atom. The van der Waals surface area contributed by atoms with E-state index >= 15 is 0 Å². The lowest BCUT2D eigenvalue weighted by atomic mass is 9.95. The highest BCUT2D eigenvalue weighted by Crippen LogP contribution is 2.24. The summed E-state index contributed by atoms with van der Waals surface area (Å²) in [6.07, 6.45) is 0.607. The molecule has 0 aromatic heterocycles. The van der Waals surface area contributed by atoms with Gasteiger partial charge in [0.25, 0.3) is 5.78 Å². The molecule has 0 atom stereocenters. The zero-order valence-electron chi connectivity index (χ0n) is 12.6. The molecule has 2 aromatic rings. The van der Waals surface area contributed by atoms with Crippen molar-refractivity contribution in [1.29, 1.82) is 0 Å². The van der Waals surface area contributed by atoms with Gasteiger partial charge in [-0.05, 0) is 48.2 Å². The number of ketones is 1. The SMILES string of the molecule is CCOC(=O)C(=O)c1ccc(-c2ccc(F)cc2)cc1CC. The summed E-state index contributed by atoms with van der Waals surface area (Å²) in [6, 6.07) is 11.3. The van der Waals surface area contributed by atoms with Crippen LogP contribution in [0.25, 0.3) is 11.1 Å². The second-order valence-corrected chi connectivity index (χ2v) is 4.78. The molecule has 0 heterocycles. The molecule has 0 saturated heterocycles. The van der Waals surface area contributed by atoms with Crippen molar-refractivity contribution < 1.29 is 18.7 Å². The third-order valence-electron chi connectivity index (χ3n) is 3.37. The van der Waals surface area contributed by atoms with Gasteiger partial charge in [0, 0.05) is 5.56 Å². The molecule has 0 aliphatic rings. The van der Waals surface area contributed by atoms with Crippen molar-refractivity contribution in [1.82, 2.24) is 0 Å². The number of benzene rings is 2. The molecule has 0 amide bonds. The molecule has 114 valence electrons. The van der Waals surface area contributed by atoms with Gasteiger partial charge in [0.1, 0.15) is 5.82 Å². The first-order valence-electron chi connectivity index (χ1n) is 7.17. The number of hydrogen-bond donors (Lipinski definition) is 0. The van der Waals surface area contributed by atoms with E-state index in [0.717, 1.165) is 16.7 Å². The van der Waals surface area contributed by atoms with E-state index < -0.39 is 11.8 Å². The normalized spacial score (nSPS) is 10.3. The van der Waals surface area contributed by atoms with Crippen molar-refractivity contribution in [2.75, 3.05) is 6.61 Å². The van der Waals surface area contributed by atoms with Crippen LogP contribution in [0.5, 0.6) is 0 Å². The highest BCUT2D eigenvalue weighted by atomic mass is 19.1. The number of rotatable bonds is 5. The van der Waals surface area contributed by atoms with Crippen molar-refractivity contribution in [3.05, 3.63) is 59.4 Å². The number of esters is 1. The Balaban J connectivity index is 2.37. The van der Waals surface area contributed by atoms with E-state index in [9.17, 15) is 14.0 Å². The topological polar surface area (TPSA) is 43.4 Å². The standard InChI is InChI=1S/C18H17FO3/c1-3-12-11-14(13-5-8-15(19)9-6-13)7-10-16(12)17(20)18(21)22-4-2/h5-11H,3-4H2,1-2H3. The fourth-order valence-corrected chi connectivity index (χ4v) is 2.24. The van der Waals surface area contributed by atoms with E-state index in [2.05, 4.69) is 0 Å². The second-order valence-electron chi connectivity index (χ2n) is 4.78. The van der Waals surface area contributed by atoms with Gasteiger partial charge in [-0.25, -0.2) is 9.18 Å².